The number of phenolic OH excluding ortho intramolecular Hbond substituents is 1. The molecule has 1 heterocycles. The van der Waals surface area contributed by atoms with Crippen LogP contribution in [0, 0.1) is 11.8 Å². The van der Waals surface area contributed by atoms with Crippen molar-refractivity contribution in [3.8, 4) is 5.75 Å². The van der Waals surface area contributed by atoms with Crippen molar-refractivity contribution >= 4 is 45.4 Å². The Balaban J connectivity index is 1.69. The van der Waals surface area contributed by atoms with Crippen LogP contribution in [-0.4, -0.2) is 87.6 Å². The van der Waals surface area contributed by atoms with Gasteiger partial charge in [-0.1, -0.05) is 0 Å². The number of hydrogen-bond donors (Lipinski definition) is 6. The number of likely N-dealkylation sites (N-methyl/N-ethyl adjacent to an activating group) is 1. The Morgan fingerprint density at radius 3 is 2.50 bits per heavy atom. The normalized spacial score (nSPS) is 26.0. The summed E-state index contributed by atoms with van der Waals surface area (Å²) in [5.74, 6) is -6.72. The molecule has 0 bridgehead atoms. The number of fused-ring (bicyclic) bond motifs is 3. The lowest BCUT2D eigenvalue weighted by atomic mass is 9.57. The SMILES string of the molecule is CN(C)c1cc(CNc2nccs2)c(O)c2c1CC1CC3C(N(C)C)C(=O)C(C(N)=O)=C(O)[C@@]3(O)C(=O)C1=C2O. The van der Waals surface area contributed by atoms with Crippen molar-refractivity contribution < 1.29 is 34.8 Å². The first-order chi connectivity index (χ1) is 18.8. The van der Waals surface area contributed by atoms with E-state index in [4.69, 9.17) is 5.73 Å². The van der Waals surface area contributed by atoms with E-state index in [1.807, 2.05) is 19.0 Å². The lowest BCUT2D eigenvalue weighted by Gasteiger charge is -2.50. The number of thiazole rings is 1. The molecule has 12 nitrogen and oxygen atoms in total. The monoisotopic (exact) mass is 569 g/mol. The summed E-state index contributed by atoms with van der Waals surface area (Å²) in [5, 5.41) is 51.2. The predicted molar refractivity (Wildman–Crippen MR) is 148 cm³/mol. The van der Waals surface area contributed by atoms with Gasteiger partial charge in [0.15, 0.2) is 16.5 Å². The first-order valence-electron chi connectivity index (χ1n) is 12.6. The minimum Gasteiger partial charge on any atom is -0.508 e. The number of nitrogens with zero attached hydrogens (tertiary/aromatic N) is 3. The molecule has 1 aromatic carbocycles. The Morgan fingerprint density at radius 2 is 1.93 bits per heavy atom. The zero-order chi connectivity index (χ0) is 29.3. The highest BCUT2D eigenvalue weighted by Gasteiger charge is 2.64. The van der Waals surface area contributed by atoms with E-state index in [1.54, 1.807) is 31.7 Å². The maximum atomic E-state index is 14.0. The molecule has 0 spiro atoms. The molecule has 0 aliphatic heterocycles. The van der Waals surface area contributed by atoms with Crippen molar-refractivity contribution in [3.05, 3.63) is 51.2 Å². The molecule has 1 amide bonds. The molecule has 1 fully saturated rings. The van der Waals surface area contributed by atoms with Gasteiger partial charge in [-0.05, 0) is 44.5 Å². The zero-order valence-electron chi connectivity index (χ0n) is 22.4. The van der Waals surface area contributed by atoms with Crippen LogP contribution in [0.3, 0.4) is 0 Å². The first-order valence-corrected chi connectivity index (χ1v) is 13.5. The van der Waals surface area contributed by atoms with Gasteiger partial charge in [-0.2, -0.15) is 0 Å². The van der Waals surface area contributed by atoms with E-state index in [-0.39, 0.29) is 36.3 Å². The third-order valence-electron chi connectivity index (χ3n) is 8.12. The number of aliphatic hydroxyl groups is 3. The van der Waals surface area contributed by atoms with E-state index >= 15 is 0 Å². The van der Waals surface area contributed by atoms with Gasteiger partial charge < -0.3 is 36.4 Å². The smallest absolute Gasteiger partial charge is 0.255 e. The Hall–Kier alpha value is -3.94. The van der Waals surface area contributed by atoms with Crippen LogP contribution in [0.5, 0.6) is 5.75 Å². The van der Waals surface area contributed by atoms with Crippen LogP contribution in [0.1, 0.15) is 23.1 Å². The number of nitrogens with one attached hydrogen (secondary N) is 1. The number of aromatic nitrogens is 1. The average molecular weight is 570 g/mol. The van der Waals surface area contributed by atoms with E-state index in [2.05, 4.69) is 10.3 Å². The van der Waals surface area contributed by atoms with Crippen LogP contribution < -0.4 is 16.0 Å². The highest BCUT2D eigenvalue weighted by Crippen LogP contribution is 2.54. The molecular formula is C27H31N5O7S. The second kappa shape index (κ2) is 9.61. The van der Waals surface area contributed by atoms with Gasteiger partial charge in [-0.3, -0.25) is 19.3 Å². The molecule has 212 valence electrons. The topological polar surface area (TPSA) is 190 Å². The summed E-state index contributed by atoms with van der Waals surface area (Å²) in [6, 6.07) is 0.674. The van der Waals surface area contributed by atoms with E-state index < -0.39 is 58.0 Å². The second-order valence-electron chi connectivity index (χ2n) is 10.8. The molecule has 0 saturated heterocycles. The summed E-state index contributed by atoms with van der Waals surface area (Å²) in [6.07, 6.45) is 1.89. The summed E-state index contributed by atoms with van der Waals surface area (Å²) < 4.78 is 0. The number of primary amides is 1. The summed E-state index contributed by atoms with van der Waals surface area (Å²) in [6.45, 7) is 0.178. The molecule has 13 heteroatoms. The van der Waals surface area contributed by atoms with Gasteiger partial charge >= 0.3 is 0 Å². The lowest BCUT2D eigenvalue weighted by molar-refractivity contribution is -0.153. The Kier molecular flexibility index (Phi) is 6.63. The number of aromatic hydroxyl groups is 1. The molecular weight excluding hydrogens is 538 g/mol. The third kappa shape index (κ3) is 3.87. The van der Waals surface area contributed by atoms with Crippen molar-refractivity contribution in [2.24, 2.45) is 17.6 Å². The van der Waals surface area contributed by atoms with E-state index in [9.17, 15) is 34.8 Å². The van der Waals surface area contributed by atoms with E-state index in [0.29, 0.717) is 21.9 Å². The number of Topliss-reactive ketones (excluding diaryl/α,β-unsaturated/α-hetero) is 2. The fourth-order valence-corrected chi connectivity index (χ4v) is 6.89. The van der Waals surface area contributed by atoms with Crippen molar-refractivity contribution in [2.45, 2.75) is 31.0 Å². The minimum atomic E-state index is -2.67. The Bertz CT molecular complexity index is 1500. The third-order valence-corrected chi connectivity index (χ3v) is 8.85. The molecule has 2 aromatic rings. The maximum absolute atomic E-state index is 14.0. The largest absolute Gasteiger partial charge is 0.508 e. The van der Waals surface area contributed by atoms with Gasteiger partial charge in [-0.25, -0.2) is 4.98 Å². The molecule has 7 N–H and O–H groups in total. The van der Waals surface area contributed by atoms with Gasteiger partial charge in [0.2, 0.25) is 5.78 Å². The van der Waals surface area contributed by atoms with Crippen molar-refractivity contribution in [1.82, 2.24) is 9.88 Å². The number of hydrogen-bond acceptors (Lipinski definition) is 12. The zero-order valence-corrected chi connectivity index (χ0v) is 23.2. The minimum absolute atomic E-state index is 0.0345. The molecule has 5 rings (SSSR count). The van der Waals surface area contributed by atoms with Gasteiger partial charge in [0.1, 0.15) is 22.8 Å². The second-order valence-corrected chi connectivity index (χ2v) is 11.7. The highest BCUT2D eigenvalue weighted by atomic mass is 32.1. The molecule has 4 atom stereocenters. The number of phenols is 1. The number of anilines is 2. The van der Waals surface area contributed by atoms with Crippen LogP contribution in [0.15, 0.2) is 34.5 Å². The van der Waals surface area contributed by atoms with Crippen molar-refractivity contribution in [3.63, 3.8) is 0 Å². The molecule has 3 unspecified atom stereocenters. The van der Waals surface area contributed by atoms with Gasteiger partial charge in [0, 0.05) is 55.0 Å². The van der Waals surface area contributed by atoms with E-state index in [1.165, 1.54) is 16.2 Å². The first kappa shape index (κ1) is 27.6. The number of ketones is 2. The fraction of sp³-hybridized carbons (Fsp3) is 0.407. The standard InChI is InChI=1S/C27H31N5O7S/c1-31(2)15-9-12(10-30-26-29-5-6-40-26)20(33)17-13(15)7-11-8-14-19(32(3)4)22(35)18(25(28)38)24(37)27(14,39)23(36)16(11)21(17)34/h5-6,9,11,14,19,33-34,37,39H,7-8,10H2,1-4H3,(H2,28,38)(H,29,30)/t11?,14?,19?,27-/m0/s1. The number of nitrogens with two attached hydrogens (primary N) is 1. The van der Waals surface area contributed by atoms with Crippen molar-refractivity contribution in [2.75, 3.05) is 38.4 Å². The number of amides is 1. The highest BCUT2D eigenvalue weighted by molar-refractivity contribution is 7.13. The fourth-order valence-electron chi connectivity index (χ4n) is 6.36. The molecule has 3 aliphatic carbocycles. The number of carbonyl (C=O) groups excluding carboxylic acids is 3. The number of carbonyl (C=O) groups is 3. The predicted octanol–water partition coefficient (Wildman–Crippen LogP) is 1.10. The maximum Gasteiger partial charge on any atom is 0.255 e. The average Bonchev–Trinajstić information content (AvgIpc) is 3.39. The molecule has 0 radical (unpaired) electrons. The Morgan fingerprint density at radius 1 is 1.23 bits per heavy atom. The quantitative estimate of drug-likeness (QED) is 0.273. The van der Waals surface area contributed by atoms with Crippen LogP contribution in [0.25, 0.3) is 5.76 Å². The number of rotatable bonds is 6. The van der Waals surface area contributed by atoms with Crippen LogP contribution >= 0.6 is 11.3 Å². The molecule has 1 saturated carbocycles. The van der Waals surface area contributed by atoms with Crippen LogP contribution in [0.4, 0.5) is 10.8 Å². The summed E-state index contributed by atoms with van der Waals surface area (Å²) in [5.41, 5.74) is 3.50. The number of benzene rings is 1. The summed E-state index contributed by atoms with van der Waals surface area (Å²) >= 11 is 1.38. The summed E-state index contributed by atoms with van der Waals surface area (Å²) in [7, 11) is 6.78. The molecule has 40 heavy (non-hydrogen) atoms. The molecule has 3 aliphatic rings. The summed E-state index contributed by atoms with van der Waals surface area (Å²) in [4.78, 5) is 46.9. The Labute approximate surface area is 234 Å². The van der Waals surface area contributed by atoms with Gasteiger partial charge in [-0.15, -0.1) is 11.3 Å². The van der Waals surface area contributed by atoms with E-state index in [0.717, 1.165) is 0 Å². The lowest BCUT2D eigenvalue weighted by Crippen LogP contribution is -2.65. The van der Waals surface area contributed by atoms with Gasteiger partial charge in [0.05, 0.1) is 11.6 Å². The van der Waals surface area contributed by atoms with Crippen LogP contribution in [0.2, 0.25) is 0 Å². The van der Waals surface area contributed by atoms with Gasteiger partial charge in [0.25, 0.3) is 5.91 Å². The molecule has 1 aromatic heterocycles. The van der Waals surface area contributed by atoms with Crippen LogP contribution in [-0.2, 0) is 27.3 Å². The number of aliphatic hydroxyl groups excluding tert-OH is 2. The van der Waals surface area contributed by atoms with Crippen molar-refractivity contribution in [1.29, 1.82) is 0 Å².